The number of benzene rings is 1. The number of nitrogens with one attached hydrogen (secondary N) is 1. The summed E-state index contributed by atoms with van der Waals surface area (Å²) in [5, 5.41) is 7.23. The average Bonchev–Trinajstić information content (AvgIpc) is 2.74. The van der Waals surface area contributed by atoms with Crippen LogP contribution in [0, 0.1) is 13.8 Å². The predicted octanol–water partition coefficient (Wildman–Crippen LogP) is 1.51. The van der Waals surface area contributed by atoms with Gasteiger partial charge in [0.25, 0.3) is 5.91 Å². The zero-order valence-electron chi connectivity index (χ0n) is 14.1. The van der Waals surface area contributed by atoms with Gasteiger partial charge in [0.2, 0.25) is 5.91 Å². The van der Waals surface area contributed by atoms with Crippen molar-refractivity contribution < 1.29 is 9.59 Å². The number of rotatable bonds is 3. The number of hydrogen-bond acceptors (Lipinski definition) is 3. The van der Waals surface area contributed by atoms with E-state index < -0.39 is 0 Å². The molecule has 24 heavy (non-hydrogen) atoms. The number of nitrogens with zero attached hydrogens (tertiary/aromatic N) is 3. The molecule has 2 heterocycles. The summed E-state index contributed by atoms with van der Waals surface area (Å²) in [4.78, 5) is 25.8. The zero-order chi connectivity index (χ0) is 17.1. The lowest BCUT2D eigenvalue weighted by molar-refractivity contribution is -0.121. The van der Waals surface area contributed by atoms with Gasteiger partial charge in [-0.1, -0.05) is 12.1 Å². The highest BCUT2D eigenvalue weighted by Gasteiger charge is 2.20. The smallest absolute Gasteiger partial charge is 0.254 e. The predicted molar refractivity (Wildman–Crippen MR) is 90.8 cm³/mol. The van der Waals surface area contributed by atoms with Gasteiger partial charge in [-0.2, -0.15) is 5.10 Å². The molecule has 0 atom stereocenters. The maximum atomic E-state index is 12.6. The Balaban J connectivity index is 1.70. The van der Waals surface area contributed by atoms with Gasteiger partial charge in [0, 0.05) is 24.3 Å². The molecule has 6 nitrogen and oxygen atoms in total. The Hall–Kier alpha value is -2.63. The van der Waals surface area contributed by atoms with Crippen LogP contribution in [0.4, 0.5) is 0 Å². The lowest BCUT2D eigenvalue weighted by Crippen LogP contribution is -2.37. The van der Waals surface area contributed by atoms with E-state index in [1.165, 1.54) is 0 Å². The molecule has 2 aromatic rings. The number of aryl methyl sites for hydroxylation is 2. The van der Waals surface area contributed by atoms with Crippen LogP contribution in [0.15, 0.2) is 30.3 Å². The molecule has 0 bridgehead atoms. The van der Waals surface area contributed by atoms with Gasteiger partial charge in [-0.3, -0.25) is 14.3 Å². The monoisotopic (exact) mass is 326 g/mol. The van der Waals surface area contributed by atoms with Gasteiger partial charge in [0.05, 0.1) is 18.8 Å². The third-order valence-electron chi connectivity index (χ3n) is 4.19. The van der Waals surface area contributed by atoms with Crippen molar-refractivity contribution in [3.63, 3.8) is 0 Å². The lowest BCUT2D eigenvalue weighted by Gasteiger charge is -2.19. The standard InChI is InChI=1S/C18H22N4O2/c1-13-10-14(2)22(20-13)11-15-4-6-16(7-5-15)18(24)21-9-3-8-19-17(23)12-21/h4-7,10H,3,8-9,11-12H2,1-2H3,(H,19,23). The second-order valence-electron chi connectivity index (χ2n) is 6.21. The fraction of sp³-hybridized carbons (Fsp3) is 0.389. The topological polar surface area (TPSA) is 67.2 Å². The highest BCUT2D eigenvalue weighted by atomic mass is 16.2. The molecule has 1 N–H and O–H groups in total. The summed E-state index contributed by atoms with van der Waals surface area (Å²) in [5.41, 5.74) is 3.81. The summed E-state index contributed by atoms with van der Waals surface area (Å²) in [5.74, 6) is -0.188. The maximum absolute atomic E-state index is 12.6. The summed E-state index contributed by atoms with van der Waals surface area (Å²) in [6.45, 7) is 6.05. The van der Waals surface area contributed by atoms with Crippen LogP contribution in [0.1, 0.15) is 33.7 Å². The molecule has 0 aliphatic carbocycles. The molecule has 1 aliphatic heterocycles. The van der Waals surface area contributed by atoms with Crippen LogP contribution in [0.2, 0.25) is 0 Å². The van der Waals surface area contributed by atoms with Crippen molar-refractivity contribution in [3.8, 4) is 0 Å². The van der Waals surface area contributed by atoms with Crippen molar-refractivity contribution in [2.75, 3.05) is 19.6 Å². The van der Waals surface area contributed by atoms with Crippen LogP contribution in [-0.4, -0.2) is 46.1 Å². The fourth-order valence-corrected chi connectivity index (χ4v) is 2.92. The van der Waals surface area contributed by atoms with E-state index in [-0.39, 0.29) is 18.4 Å². The van der Waals surface area contributed by atoms with Crippen LogP contribution in [0.3, 0.4) is 0 Å². The van der Waals surface area contributed by atoms with Crippen molar-refractivity contribution >= 4 is 11.8 Å². The summed E-state index contributed by atoms with van der Waals surface area (Å²) in [7, 11) is 0. The number of carbonyl (C=O) groups excluding carboxylic acids is 2. The van der Waals surface area contributed by atoms with Crippen molar-refractivity contribution in [1.29, 1.82) is 0 Å². The van der Waals surface area contributed by atoms with Gasteiger partial charge in [-0.25, -0.2) is 0 Å². The van der Waals surface area contributed by atoms with Crippen molar-refractivity contribution in [1.82, 2.24) is 20.0 Å². The number of amides is 2. The molecule has 0 saturated carbocycles. The summed E-state index contributed by atoms with van der Waals surface area (Å²) in [6.07, 6.45) is 0.785. The molecule has 126 valence electrons. The minimum atomic E-state index is -0.0954. The van der Waals surface area contributed by atoms with E-state index in [0.717, 1.165) is 23.4 Å². The van der Waals surface area contributed by atoms with E-state index in [9.17, 15) is 9.59 Å². The molecule has 1 aromatic carbocycles. The van der Waals surface area contributed by atoms with Crippen LogP contribution < -0.4 is 5.32 Å². The molecule has 1 saturated heterocycles. The normalized spacial score (nSPS) is 15.1. The first kappa shape index (κ1) is 16.2. The van der Waals surface area contributed by atoms with Gasteiger partial charge in [-0.15, -0.1) is 0 Å². The molecule has 1 fully saturated rings. The number of hydrogen-bond donors (Lipinski definition) is 1. The summed E-state index contributed by atoms with van der Waals surface area (Å²) < 4.78 is 1.95. The number of aromatic nitrogens is 2. The van der Waals surface area contributed by atoms with Gasteiger partial charge in [0.15, 0.2) is 0 Å². The first-order chi connectivity index (χ1) is 11.5. The lowest BCUT2D eigenvalue weighted by atomic mass is 10.1. The van der Waals surface area contributed by atoms with Crippen molar-refractivity contribution in [2.24, 2.45) is 0 Å². The van der Waals surface area contributed by atoms with E-state index in [1.807, 2.05) is 48.9 Å². The minimum Gasteiger partial charge on any atom is -0.354 e. The molecule has 0 spiro atoms. The number of carbonyl (C=O) groups is 2. The Labute approximate surface area is 141 Å². The molecule has 3 rings (SSSR count). The largest absolute Gasteiger partial charge is 0.354 e. The van der Waals surface area contributed by atoms with E-state index in [1.54, 1.807) is 4.90 Å². The molecular formula is C18H22N4O2. The summed E-state index contributed by atoms with van der Waals surface area (Å²) >= 11 is 0. The first-order valence-electron chi connectivity index (χ1n) is 8.19. The van der Waals surface area contributed by atoms with Crippen LogP contribution in [0.25, 0.3) is 0 Å². The van der Waals surface area contributed by atoms with Crippen molar-refractivity contribution in [3.05, 3.63) is 52.8 Å². The van der Waals surface area contributed by atoms with Crippen LogP contribution >= 0.6 is 0 Å². The van der Waals surface area contributed by atoms with Gasteiger partial charge in [-0.05, 0) is 44.0 Å². The molecule has 0 unspecified atom stereocenters. The molecule has 1 aliphatic rings. The third-order valence-corrected chi connectivity index (χ3v) is 4.19. The molecular weight excluding hydrogens is 304 g/mol. The fourth-order valence-electron chi connectivity index (χ4n) is 2.92. The molecule has 6 heteroatoms. The summed E-state index contributed by atoms with van der Waals surface area (Å²) in [6, 6.07) is 9.59. The second-order valence-corrected chi connectivity index (χ2v) is 6.21. The maximum Gasteiger partial charge on any atom is 0.254 e. The molecule has 1 aromatic heterocycles. The highest BCUT2D eigenvalue weighted by molar-refractivity contribution is 5.96. The van der Waals surface area contributed by atoms with Crippen LogP contribution in [0.5, 0.6) is 0 Å². The quantitative estimate of drug-likeness (QED) is 0.930. The van der Waals surface area contributed by atoms with E-state index in [2.05, 4.69) is 10.4 Å². The zero-order valence-corrected chi connectivity index (χ0v) is 14.1. The second kappa shape index (κ2) is 6.86. The average molecular weight is 326 g/mol. The van der Waals surface area contributed by atoms with Crippen molar-refractivity contribution in [2.45, 2.75) is 26.8 Å². The Kier molecular flexibility index (Phi) is 4.64. The third kappa shape index (κ3) is 3.64. The Morgan fingerprint density at radius 1 is 1.25 bits per heavy atom. The van der Waals surface area contributed by atoms with Gasteiger partial charge < -0.3 is 10.2 Å². The highest BCUT2D eigenvalue weighted by Crippen LogP contribution is 2.12. The van der Waals surface area contributed by atoms with Crippen LogP contribution in [-0.2, 0) is 11.3 Å². The molecule has 0 radical (unpaired) electrons. The Morgan fingerprint density at radius 3 is 2.67 bits per heavy atom. The van der Waals surface area contributed by atoms with E-state index in [4.69, 9.17) is 0 Å². The molecule has 2 amide bonds. The first-order valence-corrected chi connectivity index (χ1v) is 8.19. The van der Waals surface area contributed by atoms with E-state index in [0.29, 0.717) is 25.2 Å². The minimum absolute atomic E-state index is 0.0929. The van der Waals surface area contributed by atoms with E-state index >= 15 is 0 Å². The Bertz CT molecular complexity index is 749. The van der Waals surface area contributed by atoms with Gasteiger partial charge >= 0.3 is 0 Å². The Morgan fingerprint density at radius 2 is 2.00 bits per heavy atom. The SMILES string of the molecule is Cc1cc(C)n(Cc2ccc(C(=O)N3CCCNC(=O)C3)cc2)n1. The van der Waals surface area contributed by atoms with Gasteiger partial charge in [0.1, 0.15) is 0 Å².